The summed E-state index contributed by atoms with van der Waals surface area (Å²) in [6.07, 6.45) is -0.0406. The van der Waals surface area contributed by atoms with Gasteiger partial charge in [-0.05, 0) is 115 Å². The van der Waals surface area contributed by atoms with Crippen LogP contribution < -0.4 is 19.5 Å². The number of halogens is 3. The third-order valence-electron chi connectivity index (χ3n) is 13.4. The first kappa shape index (κ1) is 49.1. The summed E-state index contributed by atoms with van der Waals surface area (Å²) in [6.45, 7) is 9.69. The van der Waals surface area contributed by atoms with Crippen LogP contribution >= 0.6 is 0 Å². The molecule has 2 aliphatic heterocycles. The molecule has 67 heavy (non-hydrogen) atoms. The zero-order valence-corrected chi connectivity index (χ0v) is 39.4. The highest BCUT2D eigenvalue weighted by Crippen LogP contribution is 2.48. The number of carbonyl (C=O) groups is 4. The Hall–Kier alpha value is -5.79. The molecule has 362 valence electrons. The third-order valence-corrected chi connectivity index (χ3v) is 15.6. The summed E-state index contributed by atoms with van der Waals surface area (Å²) in [7, 11) is -4.15. The molecule has 1 aromatic carbocycles. The fourth-order valence-corrected chi connectivity index (χ4v) is 10.3. The van der Waals surface area contributed by atoms with Crippen LogP contribution in [0.15, 0.2) is 67.0 Å². The van der Waals surface area contributed by atoms with Crippen LogP contribution in [0.25, 0.3) is 22.8 Å². The molecule has 2 aliphatic carbocycles. The van der Waals surface area contributed by atoms with E-state index in [1.807, 2.05) is 20.8 Å². The van der Waals surface area contributed by atoms with Gasteiger partial charge in [0, 0.05) is 42.4 Å². The molecule has 0 bridgehead atoms. The van der Waals surface area contributed by atoms with E-state index >= 15 is 4.79 Å². The number of amides is 4. The van der Waals surface area contributed by atoms with E-state index in [0.29, 0.717) is 62.2 Å². The van der Waals surface area contributed by atoms with Crippen molar-refractivity contribution in [1.82, 2.24) is 34.8 Å². The van der Waals surface area contributed by atoms with Gasteiger partial charge in [-0.1, -0.05) is 26.0 Å². The molecular weight excluding hydrogens is 896 g/mol. The van der Waals surface area contributed by atoms with Crippen molar-refractivity contribution in [2.45, 2.75) is 140 Å². The summed E-state index contributed by atoms with van der Waals surface area (Å²) < 4.78 is 84.7. The van der Waals surface area contributed by atoms with Gasteiger partial charge in [0.25, 0.3) is 5.91 Å². The molecule has 2 saturated carbocycles. The van der Waals surface area contributed by atoms with E-state index in [0.717, 1.165) is 4.90 Å². The van der Waals surface area contributed by atoms with Crippen molar-refractivity contribution < 1.29 is 55.3 Å². The van der Waals surface area contributed by atoms with Crippen LogP contribution in [0.2, 0.25) is 0 Å². The van der Waals surface area contributed by atoms with Gasteiger partial charge >= 0.3 is 12.3 Å². The highest BCUT2D eigenvalue weighted by molar-refractivity contribution is 7.91. The Morgan fingerprint density at radius 2 is 1.67 bits per heavy atom. The number of hydrogen-bond donors (Lipinski definition) is 3. The summed E-state index contributed by atoms with van der Waals surface area (Å²) in [5, 5.41) is 13.3. The highest BCUT2D eigenvalue weighted by atomic mass is 32.2. The van der Waals surface area contributed by atoms with Crippen molar-refractivity contribution in [3.8, 4) is 34.3 Å². The average Bonchev–Trinajstić information content (AvgIpc) is 4.13. The van der Waals surface area contributed by atoms with Gasteiger partial charge in [0.2, 0.25) is 21.8 Å². The summed E-state index contributed by atoms with van der Waals surface area (Å²) >= 11 is 0. The highest BCUT2D eigenvalue weighted by Gasteiger charge is 2.64. The number of pyridine rings is 1. The number of benzene rings is 1. The molecule has 3 fully saturated rings. The normalized spacial score (nSPS) is 27.1. The first-order valence-electron chi connectivity index (χ1n) is 22.5. The number of hydrogen-bond acceptors (Lipinski definition) is 11. The van der Waals surface area contributed by atoms with E-state index in [1.54, 1.807) is 54.6 Å². The standard InChI is InChI=1S/C47H58F3N7O9S/c1-27(2)65-32-15-13-30(14-16-32)35-22-33(23-36(53-35)39-51-19-10-20-52-39)66-34-24-37-40(58)54-46(42(60)55-67(63,64)45(7)17-18-45)25-31(46)12-9-8-11-28(3)21-29(4)38(41(59)56(37)26-34)57(43(61)62)44(5,6)47(48,49)50/h9-10,12-16,19-20,22-23,27-29,31,34,37-38H,8,11,17-18,21,24-26H2,1-7H3,(H,54,58)(H,55,60)(H,61,62)/b12-9-/t28-,29-,31-,34-,37+,38+,46-/m1/s1. The molecule has 4 aliphatic rings. The fourth-order valence-electron chi connectivity index (χ4n) is 9.02. The zero-order chi connectivity index (χ0) is 48.9. The summed E-state index contributed by atoms with van der Waals surface area (Å²) in [5.41, 5.74) is -3.41. The number of carbonyl (C=O) groups excluding carboxylic acids is 3. The lowest BCUT2D eigenvalue weighted by atomic mass is 9.85. The monoisotopic (exact) mass is 953 g/mol. The number of aromatic nitrogens is 3. The lowest BCUT2D eigenvalue weighted by molar-refractivity contribution is -0.222. The molecule has 4 heterocycles. The smallest absolute Gasteiger partial charge is 0.411 e. The number of nitrogens with zero attached hydrogens (tertiary/aromatic N) is 5. The Kier molecular flexibility index (Phi) is 13.5. The maximum Gasteiger partial charge on any atom is 0.411 e. The molecule has 0 radical (unpaired) electrons. The van der Waals surface area contributed by atoms with Gasteiger partial charge < -0.3 is 24.8 Å². The van der Waals surface area contributed by atoms with Crippen LogP contribution in [-0.2, 0) is 24.4 Å². The lowest BCUT2D eigenvalue weighted by Gasteiger charge is -2.45. The molecule has 7 rings (SSSR count). The van der Waals surface area contributed by atoms with Gasteiger partial charge in [0.15, 0.2) is 5.82 Å². The second-order valence-corrected chi connectivity index (χ2v) is 21.6. The second-order valence-electron chi connectivity index (χ2n) is 19.5. The van der Waals surface area contributed by atoms with E-state index in [1.165, 1.54) is 26.2 Å². The Bertz CT molecular complexity index is 2500. The van der Waals surface area contributed by atoms with Gasteiger partial charge in [-0.15, -0.1) is 0 Å². The van der Waals surface area contributed by atoms with Gasteiger partial charge in [-0.2, -0.15) is 13.2 Å². The van der Waals surface area contributed by atoms with E-state index in [4.69, 9.17) is 14.5 Å². The predicted molar refractivity (Wildman–Crippen MR) is 240 cm³/mol. The van der Waals surface area contributed by atoms with Crippen molar-refractivity contribution in [2.75, 3.05) is 6.54 Å². The fraction of sp³-hybridized carbons (Fsp3) is 0.553. The van der Waals surface area contributed by atoms with Crippen LogP contribution in [0, 0.1) is 17.8 Å². The number of allylic oxidation sites excluding steroid dienone is 1. The van der Waals surface area contributed by atoms with Gasteiger partial charge in [-0.3, -0.25) is 24.0 Å². The Balaban J connectivity index is 1.30. The van der Waals surface area contributed by atoms with Crippen molar-refractivity contribution in [3.05, 3.63) is 67.0 Å². The Labute approximate surface area is 388 Å². The molecule has 3 aromatic rings. The van der Waals surface area contributed by atoms with E-state index in [9.17, 15) is 41.1 Å². The van der Waals surface area contributed by atoms with Gasteiger partial charge in [-0.25, -0.2) is 28.2 Å². The van der Waals surface area contributed by atoms with Crippen LogP contribution in [0.5, 0.6) is 11.5 Å². The molecular formula is C47H58F3N7O9S. The topological polar surface area (TPSA) is 210 Å². The predicted octanol–water partition coefficient (Wildman–Crippen LogP) is 6.92. The molecule has 4 amide bonds. The van der Waals surface area contributed by atoms with Crippen LogP contribution in [0.3, 0.4) is 0 Å². The second kappa shape index (κ2) is 18.4. The summed E-state index contributed by atoms with van der Waals surface area (Å²) in [5.74, 6) is -3.65. The first-order valence-corrected chi connectivity index (χ1v) is 24.0. The molecule has 0 spiro atoms. The molecule has 0 unspecified atom stereocenters. The third kappa shape index (κ3) is 10.2. The van der Waals surface area contributed by atoms with E-state index in [-0.39, 0.29) is 54.3 Å². The SMILES string of the molecule is CC(C)Oc1ccc(-c2cc(O[C@@H]3C[C@H]4C(=O)N[C@]5(C(=O)NS(=O)(=O)C6(C)CC6)C[C@H]5/C=C\CC[C@@H](C)C[C@@H](C)[C@H](N(C(=O)O)C(C)(C)C(F)(F)F)C(=O)N4C3)cc(-c3ncccn3)n2)cc1. The summed E-state index contributed by atoms with van der Waals surface area (Å²) in [6, 6.07) is 8.55. The molecule has 7 atom stereocenters. The lowest BCUT2D eigenvalue weighted by Crippen LogP contribution is -2.66. The van der Waals surface area contributed by atoms with E-state index < -0.39 is 85.9 Å². The van der Waals surface area contributed by atoms with Crippen molar-refractivity contribution in [3.63, 3.8) is 0 Å². The van der Waals surface area contributed by atoms with Crippen LogP contribution in [0.1, 0.15) is 93.4 Å². The molecule has 1 saturated heterocycles. The maximum absolute atomic E-state index is 15.2. The van der Waals surface area contributed by atoms with E-state index in [2.05, 4.69) is 20.0 Å². The Morgan fingerprint density at radius 3 is 2.28 bits per heavy atom. The molecule has 20 heteroatoms. The zero-order valence-electron chi connectivity index (χ0n) is 38.5. The maximum atomic E-state index is 15.2. The largest absolute Gasteiger partial charge is 0.491 e. The number of rotatable bonds is 11. The minimum atomic E-state index is -5.12. The minimum absolute atomic E-state index is 0.0321. The Morgan fingerprint density at radius 1 is 1.01 bits per heavy atom. The van der Waals surface area contributed by atoms with Crippen LogP contribution in [0.4, 0.5) is 18.0 Å². The number of alkyl halides is 3. The number of sulfonamides is 1. The van der Waals surface area contributed by atoms with Gasteiger partial charge in [0.05, 0.1) is 23.1 Å². The van der Waals surface area contributed by atoms with Crippen molar-refractivity contribution >= 4 is 33.8 Å². The summed E-state index contributed by atoms with van der Waals surface area (Å²) in [4.78, 5) is 71.9. The van der Waals surface area contributed by atoms with Crippen molar-refractivity contribution in [2.24, 2.45) is 17.8 Å². The van der Waals surface area contributed by atoms with Crippen LogP contribution in [-0.4, -0.2) is 115 Å². The quantitative estimate of drug-likeness (QED) is 0.167. The number of ether oxygens (including phenoxy) is 2. The molecule has 2 aromatic heterocycles. The van der Waals surface area contributed by atoms with Gasteiger partial charge in [0.1, 0.15) is 46.5 Å². The molecule has 3 N–H and O–H groups in total. The molecule has 16 nitrogen and oxygen atoms in total. The number of fused-ring (bicyclic) bond motifs is 2. The number of nitrogens with one attached hydrogen (secondary N) is 2. The minimum Gasteiger partial charge on any atom is -0.491 e. The number of carboxylic acid groups (broad SMARTS) is 1. The average molecular weight is 954 g/mol. The van der Waals surface area contributed by atoms with Crippen molar-refractivity contribution in [1.29, 1.82) is 0 Å². The first-order chi connectivity index (χ1) is 31.4.